The van der Waals surface area contributed by atoms with Gasteiger partial charge in [-0.25, -0.2) is 0 Å². The molecule has 1 heterocycles. The van der Waals surface area contributed by atoms with E-state index in [1.807, 2.05) is 18.2 Å². The summed E-state index contributed by atoms with van der Waals surface area (Å²) in [7, 11) is 0. The van der Waals surface area contributed by atoms with Crippen LogP contribution in [0.1, 0.15) is 95.6 Å². The smallest absolute Gasteiger partial charge is 0.0945 e. The summed E-state index contributed by atoms with van der Waals surface area (Å²) in [6, 6.07) is 10.6. The molecule has 1 aliphatic rings. The van der Waals surface area contributed by atoms with Crippen LogP contribution >= 0.6 is 0 Å². The van der Waals surface area contributed by atoms with Crippen LogP contribution < -0.4 is 0 Å². The summed E-state index contributed by atoms with van der Waals surface area (Å²) < 4.78 is 0. The van der Waals surface area contributed by atoms with E-state index in [1.54, 1.807) is 0 Å². The van der Waals surface area contributed by atoms with Crippen LogP contribution in [0.15, 0.2) is 30.3 Å². The second kappa shape index (κ2) is 12.5. The van der Waals surface area contributed by atoms with E-state index in [-0.39, 0.29) is 6.10 Å². The molecule has 1 aliphatic heterocycles. The molecule has 0 bridgehead atoms. The van der Waals surface area contributed by atoms with Gasteiger partial charge in [0.2, 0.25) is 0 Å². The van der Waals surface area contributed by atoms with Crippen molar-refractivity contribution in [2.45, 2.75) is 96.1 Å². The minimum Gasteiger partial charge on any atom is -0.387 e. The summed E-state index contributed by atoms with van der Waals surface area (Å²) in [5.41, 5.74) is 1.08. The van der Waals surface area contributed by atoms with Crippen molar-refractivity contribution in [1.29, 1.82) is 0 Å². The summed E-state index contributed by atoms with van der Waals surface area (Å²) >= 11 is 0. The molecular formula is C23H39NO. The number of nitrogens with zero attached hydrogens (tertiary/aromatic N) is 1. The molecule has 25 heavy (non-hydrogen) atoms. The molecule has 2 heteroatoms. The Balaban J connectivity index is 1.78. The molecule has 2 nitrogen and oxygen atoms in total. The highest BCUT2D eigenvalue weighted by molar-refractivity contribution is 5.19. The lowest BCUT2D eigenvalue weighted by Gasteiger charge is -2.37. The molecule has 0 aromatic heterocycles. The molecule has 1 saturated heterocycles. The lowest BCUT2D eigenvalue weighted by Crippen LogP contribution is -2.42. The Hall–Kier alpha value is -0.860. The number of piperidine rings is 1. The normalized spacial score (nSPS) is 18.2. The molecule has 0 amide bonds. The number of unbranched alkanes of at least 4 members (excludes halogenated alkanes) is 7. The first-order valence-electron chi connectivity index (χ1n) is 10.8. The van der Waals surface area contributed by atoms with E-state index < -0.39 is 0 Å². The highest BCUT2D eigenvalue weighted by atomic mass is 16.3. The molecule has 0 saturated carbocycles. The van der Waals surface area contributed by atoms with E-state index in [2.05, 4.69) is 24.0 Å². The number of rotatable bonds is 12. The number of hydrogen-bond donors (Lipinski definition) is 1. The van der Waals surface area contributed by atoms with Gasteiger partial charge in [-0.3, -0.25) is 4.90 Å². The van der Waals surface area contributed by atoms with Gasteiger partial charge in [0, 0.05) is 6.04 Å². The maximum Gasteiger partial charge on any atom is 0.0945 e. The molecule has 0 unspecified atom stereocenters. The number of aliphatic hydroxyl groups is 1. The zero-order valence-corrected chi connectivity index (χ0v) is 16.3. The van der Waals surface area contributed by atoms with Gasteiger partial charge in [0.05, 0.1) is 6.10 Å². The van der Waals surface area contributed by atoms with Crippen molar-refractivity contribution >= 4 is 0 Å². The Morgan fingerprint density at radius 3 is 2.08 bits per heavy atom. The number of aliphatic hydroxyl groups excluding tert-OH is 1. The second-order valence-corrected chi connectivity index (χ2v) is 7.78. The van der Waals surface area contributed by atoms with Crippen LogP contribution in [0.2, 0.25) is 0 Å². The minimum atomic E-state index is -0.344. The Bertz CT molecular complexity index is 427. The van der Waals surface area contributed by atoms with E-state index >= 15 is 0 Å². The van der Waals surface area contributed by atoms with Gasteiger partial charge in [-0.05, 0) is 37.9 Å². The first kappa shape index (κ1) is 20.5. The molecule has 1 aromatic rings. The minimum absolute atomic E-state index is 0.294. The molecule has 1 fully saturated rings. The molecule has 0 radical (unpaired) electrons. The average molecular weight is 346 g/mol. The third-order valence-electron chi connectivity index (χ3n) is 5.72. The summed E-state index contributed by atoms with van der Waals surface area (Å²) in [6.07, 6.45) is 15.5. The molecular weight excluding hydrogens is 306 g/mol. The van der Waals surface area contributed by atoms with Crippen LogP contribution in [0.5, 0.6) is 0 Å². The fourth-order valence-corrected chi connectivity index (χ4v) is 4.15. The summed E-state index contributed by atoms with van der Waals surface area (Å²) in [5, 5.41) is 11.0. The molecule has 1 aromatic carbocycles. The van der Waals surface area contributed by atoms with Crippen molar-refractivity contribution in [1.82, 2.24) is 4.90 Å². The lowest BCUT2D eigenvalue weighted by molar-refractivity contribution is 0.0311. The quantitative estimate of drug-likeness (QED) is 0.462. The van der Waals surface area contributed by atoms with Crippen LogP contribution in [0.3, 0.4) is 0 Å². The Morgan fingerprint density at radius 2 is 1.44 bits per heavy atom. The molecule has 2 atom stereocenters. The van der Waals surface area contributed by atoms with Crippen molar-refractivity contribution in [3.8, 4) is 0 Å². The molecule has 2 rings (SSSR count). The van der Waals surface area contributed by atoms with Gasteiger partial charge in [0.15, 0.2) is 0 Å². The first-order chi connectivity index (χ1) is 12.3. The first-order valence-corrected chi connectivity index (χ1v) is 10.8. The van der Waals surface area contributed by atoms with Crippen molar-refractivity contribution in [3.63, 3.8) is 0 Å². The number of benzene rings is 1. The Labute approximate surface area is 155 Å². The van der Waals surface area contributed by atoms with Gasteiger partial charge in [-0.15, -0.1) is 0 Å². The van der Waals surface area contributed by atoms with Crippen molar-refractivity contribution in [2.75, 3.05) is 13.1 Å². The SMILES string of the molecule is CCCCCCCCCC[C@@H]([C@H](O)c1ccccc1)N1CCCCC1. The van der Waals surface area contributed by atoms with Gasteiger partial charge in [-0.2, -0.15) is 0 Å². The van der Waals surface area contributed by atoms with Crippen LogP contribution in [0, 0.1) is 0 Å². The van der Waals surface area contributed by atoms with Crippen molar-refractivity contribution in [2.24, 2.45) is 0 Å². The van der Waals surface area contributed by atoms with Gasteiger partial charge >= 0.3 is 0 Å². The Kier molecular flexibility index (Phi) is 10.2. The van der Waals surface area contributed by atoms with Gasteiger partial charge in [0.1, 0.15) is 0 Å². The summed E-state index contributed by atoms with van der Waals surface area (Å²) in [5.74, 6) is 0. The van der Waals surface area contributed by atoms with E-state index in [0.29, 0.717) is 6.04 Å². The number of likely N-dealkylation sites (tertiary alicyclic amines) is 1. The van der Waals surface area contributed by atoms with Crippen LogP contribution in [-0.4, -0.2) is 29.1 Å². The number of hydrogen-bond acceptors (Lipinski definition) is 2. The van der Waals surface area contributed by atoms with Gasteiger partial charge < -0.3 is 5.11 Å². The topological polar surface area (TPSA) is 23.5 Å². The van der Waals surface area contributed by atoms with Crippen molar-refractivity contribution < 1.29 is 5.11 Å². The van der Waals surface area contributed by atoms with Crippen LogP contribution in [0.25, 0.3) is 0 Å². The third-order valence-corrected chi connectivity index (χ3v) is 5.72. The molecule has 0 spiro atoms. The summed E-state index contributed by atoms with van der Waals surface area (Å²) in [4.78, 5) is 2.56. The average Bonchev–Trinajstić information content (AvgIpc) is 2.68. The van der Waals surface area contributed by atoms with E-state index in [4.69, 9.17) is 0 Å². The maximum atomic E-state index is 11.0. The van der Waals surface area contributed by atoms with Gasteiger partial charge in [0.25, 0.3) is 0 Å². The predicted octanol–water partition coefficient (Wildman–Crippen LogP) is 6.11. The Morgan fingerprint density at radius 1 is 0.840 bits per heavy atom. The third kappa shape index (κ3) is 7.50. The molecule has 0 aliphatic carbocycles. The fraction of sp³-hybridized carbons (Fsp3) is 0.739. The summed E-state index contributed by atoms with van der Waals surface area (Å²) in [6.45, 7) is 4.59. The second-order valence-electron chi connectivity index (χ2n) is 7.78. The molecule has 1 N–H and O–H groups in total. The monoisotopic (exact) mass is 345 g/mol. The van der Waals surface area contributed by atoms with E-state index in [0.717, 1.165) is 25.1 Å². The van der Waals surface area contributed by atoms with Crippen LogP contribution in [-0.2, 0) is 0 Å². The standard InChI is InChI=1S/C23H39NO/c1-2-3-4-5-6-7-8-13-18-22(24-19-14-10-15-20-24)23(25)21-16-11-9-12-17-21/h9,11-12,16-17,22-23,25H,2-8,10,13-15,18-20H2,1H3/t22-,23+/m0/s1. The lowest BCUT2D eigenvalue weighted by atomic mass is 9.94. The van der Waals surface area contributed by atoms with Gasteiger partial charge in [-0.1, -0.05) is 95.0 Å². The highest BCUT2D eigenvalue weighted by Crippen LogP contribution is 2.28. The van der Waals surface area contributed by atoms with E-state index in [9.17, 15) is 5.11 Å². The zero-order chi connectivity index (χ0) is 17.7. The fourth-order valence-electron chi connectivity index (χ4n) is 4.15. The van der Waals surface area contributed by atoms with Crippen molar-refractivity contribution in [3.05, 3.63) is 35.9 Å². The largest absolute Gasteiger partial charge is 0.387 e. The zero-order valence-electron chi connectivity index (χ0n) is 16.3. The highest BCUT2D eigenvalue weighted by Gasteiger charge is 2.27. The maximum absolute atomic E-state index is 11.0. The predicted molar refractivity (Wildman–Crippen MR) is 108 cm³/mol. The molecule has 142 valence electrons. The van der Waals surface area contributed by atoms with Crippen LogP contribution in [0.4, 0.5) is 0 Å². The van der Waals surface area contributed by atoms with E-state index in [1.165, 1.54) is 70.6 Å².